The van der Waals surface area contributed by atoms with Crippen LogP contribution in [0.4, 0.5) is 5.13 Å². The number of amides is 1. The first-order valence-electron chi connectivity index (χ1n) is 9.04. The molecular weight excluding hydrogens is 422 g/mol. The number of aryl methyl sites for hydroxylation is 2. The van der Waals surface area contributed by atoms with Gasteiger partial charge in [0.15, 0.2) is 16.1 Å². The number of carbonyl (C=O) groups excluding carboxylic acids is 1. The Morgan fingerprint density at radius 3 is 2.87 bits per heavy atom. The summed E-state index contributed by atoms with van der Waals surface area (Å²) < 4.78 is 12.7. The zero-order valence-corrected chi connectivity index (χ0v) is 18.2. The van der Waals surface area contributed by atoms with Crippen molar-refractivity contribution in [1.82, 2.24) is 19.7 Å². The molecule has 0 aliphatic carbocycles. The highest BCUT2D eigenvalue weighted by Crippen LogP contribution is 2.31. The van der Waals surface area contributed by atoms with Crippen molar-refractivity contribution in [2.75, 3.05) is 18.2 Å². The van der Waals surface area contributed by atoms with Crippen LogP contribution in [0.25, 0.3) is 17.1 Å². The van der Waals surface area contributed by atoms with Crippen molar-refractivity contribution < 1.29 is 13.9 Å². The highest BCUT2D eigenvalue weighted by atomic mass is 32.2. The molecule has 0 aliphatic rings. The molecule has 0 radical (unpaired) electrons. The van der Waals surface area contributed by atoms with Crippen molar-refractivity contribution in [3.05, 3.63) is 53.4 Å². The van der Waals surface area contributed by atoms with E-state index in [1.165, 1.54) is 23.1 Å². The number of furan rings is 1. The third kappa shape index (κ3) is 4.24. The normalized spacial score (nSPS) is 10.9. The van der Waals surface area contributed by atoms with Crippen molar-refractivity contribution in [2.24, 2.45) is 0 Å². The Bertz CT molecular complexity index is 1180. The van der Waals surface area contributed by atoms with Gasteiger partial charge in [0, 0.05) is 11.4 Å². The number of nitrogens with zero attached hydrogens (tertiary/aromatic N) is 4. The molecule has 3 heterocycles. The van der Waals surface area contributed by atoms with E-state index in [1.807, 2.05) is 54.1 Å². The maximum absolute atomic E-state index is 12.4. The lowest BCUT2D eigenvalue weighted by Gasteiger charge is -2.11. The van der Waals surface area contributed by atoms with Gasteiger partial charge >= 0.3 is 0 Å². The lowest BCUT2D eigenvalue weighted by Crippen LogP contribution is -2.14. The summed E-state index contributed by atoms with van der Waals surface area (Å²) in [7, 11) is 1.62. The van der Waals surface area contributed by atoms with Crippen LogP contribution >= 0.6 is 23.1 Å². The van der Waals surface area contributed by atoms with Gasteiger partial charge in [-0.25, -0.2) is 4.98 Å². The van der Waals surface area contributed by atoms with Gasteiger partial charge in [0.2, 0.25) is 5.91 Å². The SMILES string of the molecule is COc1cccc(-n2c(SCC(=O)Nc3nc(C)cs3)nnc2-c2ccoc2C)c1. The monoisotopic (exact) mass is 441 g/mol. The second kappa shape index (κ2) is 8.72. The zero-order chi connectivity index (χ0) is 21.1. The predicted molar refractivity (Wildman–Crippen MR) is 117 cm³/mol. The molecule has 0 saturated heterocycles. The number of aromatic nitrogens is 4. The highest BCUT2D eigenvalue weighted by molar-refractivity contribution is 7.99. The van der Waals surface area contributed by atoms with Crippen LogP contribution in [0.2, 0.25) is 0 Å². The first kappa shape index (κ1) is 20.2. The quantitative estimate of drug-likeness (QED) is 0.426. The van der Waals surface area contributed by atoms with Crippen LogP contribution < -0.4 is 10.1 Å². The van der Waals surface area contributed by atoms with Gasteiger partial charge in [-0.05, 0) is 32.0 Å². The summed E-state index contributed by atoms with van der Waals surface area (Å²) in [6.45, 7) is 3.76. The van der Waals surface area contributed by atoms with E-state index >= 15 is 0 Å². The van der Waals surface area contributed by atoms with Gasteiger partial charge in [0.1, 0.15) is 11.5 Å². The zero-order valence-electron chi connectivity index (χ0n) is 16.6. The van der Waals surface area contributed by atoms with Crippen LogP contribution in [0.15, 0.2) is 51.5 Å². The third-order valence-electron chi connectivity index (χ3n) is 4.24. The number of rotatable bonds is 7. The van der Waals surface area contributed by atoms with Crippen LogP contribution in [-0.4, -0.2) is 38.5 Å². The topological polar surface area (TPSA) is 95.1 Å². The summed E-state index contributed by atoms with van der Waals surface area (Å²) in [6, 6.07) is 9.44. The molecule has 0 unspecified atom stereocenters. The van der Waals surface area contributed by atoms with Gasteiger partial charge in [-0.2, -0.15) is 0 Å². The summed E-state index contributed by atoms with van der Waals surface area (Å²) in [5.74, 6) is 2.10. The second-order valence-electron chi connectivity index (χ2n) is 6.36. The maximum atomic E-state index is 12.4. The predicted octanol–water partition coefficient (Wildman–Crippen LogP) is 4.34. The van der Waals surface area contributed by atoms with Crippen molar-refractivity contribution >= 4 is 34.1 Å². The van der Waals surface area contributed by atoms with Gasteiger partial charge in [0.05, 0.1) is 36.1 Å². The van der Waals surface area contributed by atoms with E-state index in [9.17, 15) is 4.79 Å². The Kier molecular flexibility index (Phi) is 5.86. The molecule has 1 N–H and O–H groups in total. The number of thioether (sulfide) groups is 1. The molecule has 30 heavy (non-hydrogen) atoms. The smallest absolute Gasteiger partial charge is 0.236 e. The van der Waals surface area contributed by atoms with Crippen molar-refractivity contribution in [3.8, 4) is 22.8 Å². The minimum Gasteiger partial charge on any atom is -0.497 e. The molecule has 10 heteroatoms. The maximum Gasteiger partial charge on any atom is 0.236 e. The number of nitrogens with one attached hydrogen (secondary N) is 1. The van der Waals surface area contributed by atoms with Crippen LogP contribution in [0, 0.1) is 13.8 Å². The van der Waals surface area contributed by atoms with Crippen molar-refractivity contribution in [3.63, 3.8) is 0 Å². The number of ether oxygens (including phenoxy) is 1. The Morgan fingerprint density at radius 2 is 2.17 bits per heavy atom. The fourth-order valence-corrected chi connectivity index (χ4v) is 4.29. The molecule has 0 aliphatic heterocycles. The van der Waals surface area contributed by atoms with Crippen LogP contribution in [0.3, 0.4) is 0 Å². The minimum absolute atomic E-state index is 0.157. The molecule has 0 atom stereocenters. The molecule has 4 rings (SSSR count). The number of anilines is 1. The van der Waals surface area contributed by atoms with Crippen molar-refractivity contribution in [2.45, 2.75) is 19.0 Å². The average molecular weight is 442 g/mol. The minimum atomic E-state index is -0.157. The first-order chi connectivity index (χ1) is 14.5. The van der Waals surface area contributed by atoms with E-state index in [4.69, 9.17) is 9.15 Å². The summed E-state index contributed by atoms with van der Waals surface area (Å²) in [6.07, 6.45) is 1.62. The standard InChI is InChI=1S/C20H19N5O3S2/c1-12-10-29-19(21-12)22-17(26)11-30-20-24-23-18(16-7-8-28-13(16)2)25(20)14-5-4-6-15(9-14)27-3/h4-10H,11H2,1-3H3,(H,21,22,26). The summed E-state index contributed by atoms with van der Waals surface area (Å²) in [5, 5.41) is 14.6. The highest BCUT2D eigenvalue weighted by Gasteiger charge is 2.20. The molecule has 0 spiro atoms. The molecule has 4 aromatic rings. The Morgan fingerprint density at radius 1 is 1.30 bits per heavy atom. The van der Waals surface area contributed by atoms with E-state index < -0.39 is 0 Å². The number of hydrogen-bond donors (Lipinski definition) is 1. The Balaban J connectivity index is 1.63. The van der Waals surface area contributed by atoms with Gasteiger partial charge in [-0.1, -0.05) is 17.8 Å². The fraction of sp³-hybridized carbons (Fsp3) is 0.200. The van der Waals surface area contributed by atoms with Gasteiger partial charge in [0.25, 0.3) is 0 Å². The van der Waals surface area contributed by atoms with Gasteiger partial charge in [-0.15, -0.1) is 21.5 Å². The third-order valence-corrected chi connectivity index (χ3v) is 6.05. The fourth-order valence-electron chi connectivity index (χ4n) is 2.83. The Hall–Kier alpha value is -3.11. The summed E-state index contributed by atoms with van der Waals surface area (Å²) >= 11 is 2.69. The van der Waals surface area contributed by atoms with E-state index in [0.717, 1.165) is 22.7 Å². The Labute approximate surface area is 181 Å². The van der Waals surface area contributed by atoms with E-state index in [-0.39, 0.29) is 11.7 Å². The van der Waals surface area contributed by atoms with Crippen LogP contribution in [0.5, 0.6) is 5.75 Å². The molecular formula is C20H19N5O3S2. The average Bonchev–Trinajstić information content (AvgIpc) is 3.46. The lowest BCUT2D eigenvalue weighted by molar-refractivity contribution is -0.113. The van der Waals surface area contributed by atoms with Crippen LogP contribution in [0.1, 0.15) is 11.5 Å². The molecule has 1 amide bonds. The van der Waals surface area contributed by atoms with Gasteiger partial charge < -0.3 is 14.5 Å². The molecule has 0 bridgehead atoms. The molecule has 8 nitrogen and oxygen atoms in total. The number of thiazole rings is 1. The molecule has 1 aromatic carbocycles. The summed E-state index contributed by atoms with van der Waals surface area (Å²) in [4.78, 5) is 16.6. The first-order valence-corrected chi connectivity index (χ1v) is 10.9. The van der Waals surface area contributed by atoms with E-state index in [0.29, 0.717) is 21.9 Å². The van der Waals surface area contributed by atoms with Gasteiger partial charge in [-0.3, -0.25) is 9.36 Å². The molecule has 0 fully saturated rings. The van der Waals surface area contributed by atoms with Crippen LogP contribution in [-0.2, 0) is 4.79 Å². The number of benzene rings is 1. The number of hydrogen-bond acceptors (Lipinski definition) is 8. The molecule has 154 valence electrons. The molecule has 3 aromatic heterocycles. The lowest BCUT2D eigenvalue weighted by atomic mass is 10.2. The second-order valence-corrected chi connectivity index (χ2v) is 8.17. The summed E-state index contributed by atoms with van der Waals surface area (Å²) in [5.41, 5.74) is 2.54. The molecule has 0 saturated carbocycles. The van der Waals surface area contributed by atoms with E-state index in [2.05, 4.69) is 20.5 Å². The van der Waals surface area contributed by atoms with E-state index in [1.54, 1.807) is 13.4 Å². The number of carbonyl (C=O) groups is 1. The largest absolute Gasteiger partial charge is 0.497 e. The number of methoxy groups -OCH3 is 1. The van der Waals surface area contributed by atoms with Crippen molar-refractivity contribution in [1.29, 1.82) is 0 Å².